The Bertz CT molecular complexity index is 165. The van der Waals surface area contributed by atoms with Gasteiger partial charge < -0.3 is 0 Å². The maximum Gasteiger partial charge on any atom is -0.0169 e. The number of hydrogen-bond donors (Lipinski definition) is 0. The Morgan fingerprint density at radius 3 is 2.06 bits per heavy atom. The molecule has 0 saturated carbocycles. The van der Waals surface area contributed by atoms with Crippen molar-refractivity contribution >= 4 is 0 Å². The van der Waals surface area contributed by atoms with Gasteiger partial charge in [-0.2, -0.15) is 0 Å². The molecule has 0 saturated heterocycles. The highest BCUT2D eigenvalue weighted by Gasteiger charge is 1.88. The van der Waals surface area contributed by atoms with Gasteiger partial charge in [-0.25, -0.2) is 0 Å². The summed E-state index contributed by atoms with van der Waals surface area (Å²) in [5, 5.41) is 0. The van der Waals surface area contributed by atoms with Crippen LogP contribution in [0.15, 0.2) is 24.3 Å². The summed E-state index contributed by atoms with van der Waals surface area (Å²) >= 11 is 0. The fourth-order valence-electron chi connectivity index (χ4n) is 1.73. The summed E-state index contributed by atoms with van der Waals surface area (Å²) < 4.78 is 0. The third kappa shape index (κ3) is 13.5. The van der Waals surface area contributed by atoms with Crippen LogP contribution in [0.1, 0.15) is 71.1 Å². The van der Waals surface area contributed by atoms with Crippen LogP contribution in [0.3, 0.4) is 0 Å². The van der Waals surface area contributed by atoms with Gasteiger partial charge in [0.2, 0.25) is 0 Å². The molecule has 0 aromatic rings. The number of rotatable bonds is 11. The van der Waals surface area contributed by atoms with Crippen LogP contribution < -0.4 is 0 Å². The molecule has 0 N–H and O–H groups in total. The molecular weight excluding hydrogens is 192 g/mol. The molecule has 0 atom stereocenters. The van der Waals surface area contributed by atoms with Gasteiger partial charge in [0.05, 0.1) is 0 Å². The third-order valence-corrected chi connectivity index (χ3v) is 2.75. The van der Waals surface area contributed by atoms with E-state index in [1.54, 1.807) is 0 Å². The van der Waals surface area contributed by atoms with Crippen LogP contribution in [-0.4, -0.2) is 0 Å². The van der Waals surface area contributed by atoms with Gasteiger partial charge in [-0.05, 0) is 32.6 Å². The second-order valence-electron chi connectivity index (χ2n) is 4.38. The minimum absolute atomic E-state index is 0.908. The van der Waals surface area contributed by atoms with Crippen molar-refractivity contribution in [3.05, 3.63) is 31.2 Å². The highest BCUT2D eigenvalue weighted by molar-refractivity contribution is 4.92. The fraction of sp³-hybridized carbons (Fsp3) is 0.688. The number of unbranched alkanes of at least 4 members (excludes halogenated alkanes) is 7. The molecule has 0 heteroatoms. The summed E-state index contributed by atoms with van der Waals surface area (Å²) in [5.74, 6) is 0. The quantitative estimate of drug-likeness (QED) is 0.303. The van der Waals surface area contributed by atoms with E-state index in [1.165, 1.54) is 51.4 Å². The standard InChI is InChI=1S/C16H29/c1-3-5-7-9-11-13-15-16-14-12-10-8-6-4-2/h5,7,11,13H,1,3-4,6,8-10,12,14-16H2,2H3/b7-5+,13-11+. The zero-order valence-corrected chi connectivity index (χ0v) is 11.1. The van der Waals surface area contributed by atoms with E-state index in [0.717, 1.165) is 12.8 Å². The highest BCUT2D eigenvalue weighted by atomic mass is 13.9. The lowest BCUT2D eigenvalue weighted by atomic mass is 10.1. The molecule has 0 unspecified atom stereocenters. The largest absolute Gasteiger partial charge is 0.0882 e. The average molecular weight is 221 g/mol. The molecule has 1 radical (unpaired) electrons. The Morgan fingerprint density at radius 1 is 0.750 bits per heavy atom. The topological polar surface area (TPSA) is 0 Å². The average Bonchev–Trinajstić information content (AvgIpc) is 2.31. The minimum atomic E-state index is 0.908. The van der Waals surface area contributed by atoms with Crippen molar-refractivity contribution < 1.29 is 0 Å². The van der Waals surface area contributed by atoms with Gasteiger partial charge in [-0.1, -0.05) is 69.8 Å². The van der Waals surface area contributed by atoms with Crippen LogP contribution in [0.25, 0.3) is 0 Å². The summed E-state index contributed by atoms with van der Waals surface area (Å²) in [5.41, 5.74) is 0. The zero-order valence-electron chi connectivity index (χ0n) is 11.1. The molecule has 0 amide bonds. The van der Waals surface area contributed by atoms with E-state index in [9.17, 15) is 0 Å². The van der Waals surface area contributed by atoms with Gasteiger partial charge in [0, 0.05) is 0 Å². The van der Waals surface area contributed by atoms with E-state index in [4.69, 9.17) is 0 Å². The first-order valence-corrected chi connectivity index (χ1v) is 7.01. The van der Waals surface area contributed by atoms with E-state index in [0.29, 0.717) is 0 Å². The second kappa shape index (κ2) is 14.5. The molecule has 0 heterocycles. The van der Waals surface area contributed by atoms with Gasteiger partial charge in [0.15, 0.2) is 0 Å². The van der Waals surface area contributed by atoms with Gasteiger partial charge in [0.25, 0.3) is 0 Å². The van der Waals surface area contributed by atoms with E-state index >= 15 is 0 Å². The first kappa shape index (κ1) is 15.5. The van der Waals surface area contributed by atoms with E-state index < -0.39 is 0 Å². The van der Waals surface area contributed by atoms with Crippen molar-refractivity contribution in [1.82, 2.24) is 0 Å². The van der Waals surface area contributed by atoms with Crippen molar-refractivity contribution in [1.29, 1.82) is 0 Å². The lowest BCUT2D eigenvalue weighted by molar-refractivity contribution is 0.592. The molecule has 0 rings (SSSR count). The SMILES string of the molecule is [CH2]C/C=C/C/C=C/CCCCCCCCC. The molecular formula is C16H29. The predicted octanol–water partition coefficient (Wildman–Crippen LogP) is 5.85. The van der Waals surface area contributed by atoms with Crippen LogP contribution in [-0.2, 0) is 0 Å². The lowest BCUT2D eigenvalue weighted by Crippen LogP contribution is -1.78. The van der Waals surface area contributed by atoms with Crippen molar-refractivity contribution in [3.63, 3.8) is 0 Å². The molecule has 0 aliphatic heterocycles. The first-order chi connectivity index (χ1) is 7.91. The van der Waals surface area contributed by atoms with Crippen molar-refractivity contribution in [2.24, 2.45) is 0 Å². The highest BCUT2D eigenvalue weighted by Crippen LogP contribution is 2.08. The molecule has 0 nitrogen and oxygen atoms in total. The summed E-state index contributed by atoms with van der Waals surface area (Å²) in [6.07, 6.45) is 22.0. The van der Waals surface area contributed by atoms with Crippen molar-refractivity contribution in [2.45, 2.75) is 71.1 Å². The van der Waals surface area contributed by atoms with Crippen molar-refractivity contribution in [3.8, 4) is 0 Å². The summed E-state index contributed by atoms with van der Waals surface area (Å²) in [7, 11) is 0. The maximum atomic E-state index is 3.76. The minimum Gasteiger partial charge on any atom is -0.0882 e. The summed E-state index contributed by atoms with van der Waals surface area (Å²) in [6, 6.07) is 0. The molecule has 0 aromatic carbocycles. The van der Waals surface area contributed by atoms with Gasteiger partial charge in [-0.3, -0.25) is 0 Å². The molecule has 93 valence electrons. The molecule has 0 aliphatic carbocycles. The molecule has 0 aliphatic rings. The second-order valence-corrected chi connectivity index (χ2v) is 4.38. The monoisotopic (exact) mass is 221 g/mol. The summed E-state index contributed by atoms with van der Waals surface area (Å²) in [4.78, 5) is 0. The van der Waals surface area contributed by atoms with Crippen LogP contribution in [0.4, 0.5) is 0 Å². The van der Waals surface area contributed by atoms with Crippen LogP contribution in [0.5, 0.6) is 0 Å². The van der Waals surface area contributed by atoms with Gasteiger partial charge in [0.1, 0.15) is 0 Å². The molecule has 0 fully saturated rings. The Hall–Kier alpha value is -0.520. The number of hydrogen-bond acceptors (Lipinski definition) is 0. The lowest BCUT2D eigenvalue weighted by Gasteiger charge is -1.98. The van der Waals surface area contributed by atoms with E-state index in [2.05, 4.69) is 38.2 Å². The maximum absolute atomic E-state index is 3.76. The van der Waals surface area contributed by atoms with Crippen molar-refractivity contribution in [2.75, 3.05) is 0 Å². The van der Waals surface area contributed by atoms with E-state index in [-0.39, 0.29) is 0 Å². The molecule has 0 bridgehead atoms. The Labute approximate surface area is 103 Å². The molecule has 0 aromatic heterocycles. The Morgan fingerprint density at radius 2 is 1.38 bits per heavy atom. The van der Waals surface area contributed by atoms with Crippen LogP contribution in [0, 0.1) is 6.92 Å². The third-order valence-electron chi connectivity index (χ3n) is 2.75. The molecule has 0 spiro atoms. The normalized spacial score (nSPS) is 11.9. The molecule has 16 heavy (non-hydrogen) atoms. The summed E-state index contributed by atoms with van der Waals surface area (Å²) in [6.45, 7) is 6.04. The van der Waals surface area contributed by atoms with Crippen LogP contribution in [0.2, 0.25) is 0 Å². The predicted molar refractivity (Wildman–Crippen MR) is 75.5 cm³/mol. The van der Waals surface area contributed by atoms with E-state index in [1.807, 2.05) is 0 Å². The van der Waals surface area contributed by atoms with Crippen LogP contribution >= 0.6 is 0 Å². The smallest absolute Gasteiger partial charge is 0.0169 e. The number of allylic oxidation sites excluding steroid dienone is 4. The Balaban J connectivity index is 3.05. The van der Waals surface area contributed by atoms with Gasteiger partial charge in [-0.15, -0.1) is 0 Å². The first-order valence-electron chi connectivity index (χ1n) is 7.01. The Kier molecular flexibility index (Phi) is 14.0. The zero-order chi connectivity index (χ0) is 11.9. The van der Waals surface area contributed by atoms with Gasteiger partial charge >= 0.3 is 0 Å². The fourth-order valence-corrected chi connectivity index (χ4v) is 1.73.